The third-order valence-corrected chi connectivity index (χ3v) is 5.19. The standard InChI is InChI=1S/C21H26N6O/c1-26-8-10-27(11-9-26)14-20(28)23-17-6-7-18-19(12-17)25-21(24-18)16-4-2-15(13-22)3-5-16/h2-7,12H,8-11,13-14,22H2,1H3,(H,23,28)(H,24,25). The van der Waals surface area contributed by atoms with Crippen LogP contribution < -0.4 is 11.1 Å². The first kappa shape index (κ1) is 18.6. The molecular formula is C21H26N6O. The van der Waals surface area contributed by atoms with Crippen LogP contribution in [-0.2, 0) is 11.3 Å². The monoisotopic (exact) mass is 378 g/mol. The number of aromatic amines is 1. The Bertz CT molecular complexity index is 957. The largest absolute Gasteiger partial charge is 0.338 e. The van der Waals surface area contributed by atoms with Crippen molar-refractivity contribution in [1.29, 1.82) is 0 Å². The molecule has 1 aromatic heterocycles. The fourth-order valence-electron chi connectivity index (χ4n) is 3.43. The highest BCUT2D eigenvalue weighted by Gasteiger charge is 2.16. The molecule has 7 heteroatoms. The SMILES string of the molecule is CN1CCN(CC(=O)Nc2ccc3[nH]c(-c4ccc(CN)cc4)nc3c2)CC1. The van der Waals surface area contributed by atoms with E-state index in [1.54, 1.807) is 0 Å². The number of carbonyl (C=O) groups excluding carboxylic acids is 1. The molecule has 0 atom stereocenters. The Morgan fingerprint density at radius 3 is 2.61 bits per heavy atom. The average Bonchev–Trinajstić information content (AvgIpc) is 3.13. The number of fused-ring (bicyclic) bond motifs is 1. The third kappa shape index (κ3) is 4.22. The van der Waals surface area contributed by atoms with Gasteiger partial charge in [0, 0.05) is 44.0 Å². The lowest BCUT2D eigenvalue weighted by Crippen LogP contribution is -2.47. The molecule has 0 bridgehead atoms. The van der Waals surface area contributed by atoms with Crippen LogP contribution in [0.2, 0.25) is 0 Å². The summed E-state index contributed by atoms with van der Waals surface area (Å²) in [6, 6.07) is 13.8. The van der Waals surface area contributed by atoms with E-state index in [4.69, 9.17) is 5.73 Å². The molecule has 1 saturated heterocycles. The molecule has 0 unspecified atom stereocenters. The molecule has 0 saturated carbocycles. The topological polar surface area (TPSA) is 90.3 Å². The van der Waals surface area contributed by atoms with Crippen LogP contribution in [0, 0.1) is 0 Å². The highest BCUT2D eigenvalue weighted by molar-refractivity contribution is 5.94. The van der Waals surface area contributed by atoms with Crippen LogP contribution in [0.4, 0.5) is 5.69 Å². The molecule has 1 amide bonds. The summed E-state index contributed by atoms with van der Waals surface area (Å²) in [6.45, 7) is 4.80. The fourth-order valence-corrected chi connectivity index (χ4v) is 3.43. The van der Waals surface area contributed by atoms with Gasteiger partial charge in [-0.25, -0.2) is 4.98 Å². The minimum atomic E-state index is 0.0111. The van der Waals surface area contributed by atoms with E-state index in [0.717, 1.165) is 59.9 Å². The van der Waals surface area contributed by atoms with Crippen molar-refractivity contribution in [2.75, 3.05) is 45.1 Å². The number of carbonyl (C=O) groups is 1. The maximum atomic E-state index is 12.4. The quantitative estimate of drug-likeness (QED) is 0.631. The fraction of sp³-hybridized carbons (Fsp3) is 0.333. The third-order valence-electron chi connectivity index (χ3n) is 5.19. The first-order valence-corrected chi connectivity index (χ1v) is 9.60. The van der Waals surface area contributed by atoms with Crippen LogP contribution in [0.5, 0.6) is 0 Å². The summed E-state index contributed by atoms with van der Waals surface area (Å²) in [7, 11) is 2.11. The number of likely N-dealkylation sites (N-methyl/N-ethyl adjacent to an activating group) is 1. The maximum absolute atomic E-state index is 12.4. The van der Waals surface area contributed by atoms with Crippen molar-refractivity contribution in [3.63, 3.8) is 0 Å². The van der Waals surface area contributed by atoms with Gasteiger partial charge < -0.3 is 20.9 Å². The number of aromatic nitrogens is 2. The van der Waals surface area contributed by atoms with Crippen molar-refractivity contribution in [2.45, 2.75) is 6.54 Å². The normalized spacial score (nSPS) is 15.8. The minimum Gasteiger partial charge on any atom is -0.338 e. The Morgan fingerprint density at radius 2 is 1.89 bits per heavy atom. The Labute approximate surface area is 164 Å². The number of nitrogens with one attached hydrogen (secondary N) is 2. The summed E-state index contributed by atoms with van der Waals surface area (Å²) in [5.41, 5.74) is 10.3. The lowest BCUT2D eigenvalue weighted by atomic mass is 10.1. The summed E-state index contributed by atoms with van der Waals surface area (Å²) in [5.74, 6) is 0.816. The molecule has 2 heterocycles. The van der Waals surface area contributed by atoms with E-state index in [-0.39, 0.29) is 5.91 Å². The van der Waals surface area contributed by atoms with Crippen molar-refractivity contribution in [2.24, 2.45) is 5.73 Å². The molecule has 7 nitrogen and oxygen atoms in total. The molecule has 4 N–H and O–H groups in total. The van der Waals surface area contributed by atoms with Gasteiger partial charge in [-0.3, -0.25) is 9.69 Å². The summed E-state index contributed by atoms with van der Waals surface area (Å²) in [5, 5.41) is 2.99. The number of anilines is 1. The van der Waals surface area contributed by atoms with E-state index >= 15 is 0 Å². The van der Waals surface area contributed by atoms with Crippen LogP contribution in [0.3, 0.4) is 0 Å². The van der Waals surface area contributed by atoms with Gasteiger partial charge in [0.2, 0.25) is 5.91 Å². The average molecular weight is 378 g/mol. The predicted octanol–water partition coefficient (Wildman–Crippen LogP) is 1.87. The molecule has 1 aliphatic heterocycles. The number of piperazine rings is 1. The Kier molecular flexibility index (Phi) is 5.38. The van der Waals surface area contributed by atoms with E-state index in [1.165, 1.54) is 0 Å². The molecular weight excluding hydrogens is 352 g/mol. The van der Waals surface area contributed by atoms with Crippen molar-refractivity contribution >= 4 is 22.6 Å². The summed E-state index contributed by atoms with van der Waals surface area (Å²) >= 11 is 0. The van der Waals surface area contributed by atoms with Gasteiger partial charge in [-0.2, -0.15) is 0 Å². The van der Waals surface area contributed by atoms with Crippen LogP contribution in [0.15, 0.2) is 42.5 Å². The summed E-state index contributed by atoms with van der Waals surface area (Å²) in [4.78, 5) is 24.9. The number of hydrogen-bond acceptors (Lipinski definition) is 5. The van der Waals surface area contributed by atoms with Gasteiger partial charge in [0.25, 0.3) is 0 Å². The smallest absolute Gasteiger partial charge is 0.238 e. The molecule has 1 aliphatic rings. The van der Waals surface area contributed by atoms with E-state index in [0.29, 0.717) is 13.1 Å². The number of benzene rings is 2. The minimum absolute atomic E-state index is 0.0111. The maximum Gasteiger partial charge on any atom is 0.238 e. The molecule has 0 aliphatic carbocycles. The zero-order chi connectivity index (χ0) is 19.5. The zero-order valence-electron chi connectivity index (χ0n) is 16.1. The lowest BCUT2D eigenvalue weighted by molar-refractivity contribution is -0.117. The van der Waals surface area contributed by atoms with Crippen LogP contribution in [-0.4, -0.2) is 65.4 Å². The number of nitrogens with zero attached hydrogens (tertiary/aromatic N) is 3. The predicted molar refractivity (Wildman–Crippen MR) is 112 cm³/mol. The van der Waals surface area contributed by atoms with E-state index in [1.807, 2.05) is 42.5 Å². The molecule has 4 rings (SSSR count). The van der Waals surface area contributed by atoms with Crippen molar-refractivity contribution in [3.05, 3.63) is 48.0 Å². The second-order valence-electron chi connectivity index (χ2n) is 7.35. The number of amides is 1. The second kappa shape index (κ2) is 8.10. The Balaban J connectivity index is 1.44. The van der Waals surface area contributed by atoms with Crippen LogP contribution in [0.1, 0.15) is 5.56 Å². The van der Waals surface area contributed by atoms with E-state index in [2.05, 4.69) is 32.1 Å². The number of rotatable bonds is 5. The highest BCUT2D eigenvalue weighted by atomic mass is 16.2. The van der Waals surface area contributed by atoms with Crippen molar-refractivity contribution in [1.82, 2.24) is 19.8 Å². The Morgan fingerprint density at radius 1 is 1.14 bits per heavy atom. The molecule has 0 spiro atoms. The molecule has 0 radical (unpaired) electrons. The first-order chi connectivity index (χ1) is 13.6. The lowest BCUT2D eigenvalue weighted by Gasteiger charge is -2.31. The summed E-state index contributed by atoms with van der Waals surface area (Å²) < 4.78 is 0. The van der Waals surface area contributed by atoms with Gasteiger partial charge in [-0.15, -0.1) is 0 Å². The van der Waals surface area contributed by atoms with Gasteiger partial charge in [-0.1, -0.05) is 24.3 Å². The van der Waals surface area contributed by atoms with Crippen molar-refractivity contribution < 1.29 is 4.79 Å². The van der Waals surface area contributed by atoms with Gasteiger partial charge in [0.05, 0.1) is 17.6 Å². The van der Waals surface area contributed by atoms with E-state index < -0.39 is 0 Å². The molecule has 1 fully saturated rings. The summed E-state index contributed by atoms with van der Waals surface area (Å²) in [6.07, 6.45) is 0. The van der Waals surface area contributed by atoms with Crippen LogP contribution in [0.25, 0.3) is 22.4 Å². The molecule has 28 heavy (non-hydrogen) atoms. The molecule has 3 aromatic rings. The van der Waals surface area contributed by atoms with Gasteiger partial charge >= 0.3 is 0 Å². The molecule has 146 valence electrons. The zero-order valence-corrected chi connectivity index (χ0v) is 16.1. The first-order valence-electron chi connectivity index (χ1n) is 9.60. The number of nitrogens with two attached hydrogens (primary N) is 1. The van der Waals surface area contributed by atoms with Gasteiger partial charge in [0.15, 0.2) is 0 Å². The number of H-pyrrole nitrogens is 1. The van der Waals surface area contributed by atoms with Gasteiger partial charge in [-0.05, 0) is 30.8 Å². The Hall–Kier alpha value is -2.74. The van der Waals surface area contributed by atoms with E-state index in [9.17, 15) is 4.79 Å². The van der Waals surface area contributed by atoms with Crippen molar-refractivity contribution in [3.8, 4) is 11.4 Å². The van der Waals surface area contributed by atoms with Crippen LogP contribution >= 0.6 is 0 Å². The number of imidazole rings is 1. The second-order valence-corrected chi connectivity index (χ2v) is 7.35. The van der Waals surface area contributed by atoms with Gasteiger partial charge in [0.1, 0.15) is 5.82 Å². The highest BCUT2D eigenvalue weighted by Crippen LogP contribution is 2.23. The number of hydrogen-bond donors (Lipinski definition) is 3. The molecule has 2 aromatic carbocycles.